The van der Waals surface area contributed by atoms with Crippen LogP contribution >= 0.6 is 0 Å². The molecule has 2 rings (SSSR count). The lowest BCUT2D eigenvalue weighted by atomic mass is 9.88. The Morgan fingerprint density at radius 2 is 1.21 bits per heavy atom. The molecule has 190 valence electrons. The molecule has 33 heavy (non-hydrogen) atoms. The molecule has 6 heteroatoms. The molecule has 0 aromatic heterocycles. The molecular weight excluding hydrogens is 420 g/mol. The maximum atomic E-state index is 11.8. The monoisotopic (exact) mass is 466 g/mol. The maximum Gasteiger partial charge on any atom is 0.306 e. The minimum atomic E-state index is -0.180. The van der Waals surface area contributed by atoms with Crippen LogP contribution in [-0.4, -0.2) is 37.2 Å². The van der Waals surface area contributed by atoms with E-state index in [2.05, 4.69) is 18.6 Å². The summed E-state index contributed by atoms with van der Waals surface area (Å²) in [6, 6.07) is 0. The van der Waals surface area contributed by atoms with Gasteiger partial charge < -0.3 is 9.47 Å². The lowest BCUT2D eigenvalue weighted by Crippen LogP contribution is -2.19. The van der Waals surface area contributed by atoms with Crippen LogP contribution in [0.15, 0.2) is 0 Å². The number of hydrogen-bond acceptors (Lipinski definition) is 6. The molecule has 0 spiro atoms. The average Bonchev–Trinajstić information content (AvgIpc) is 3.31. The summed E-state index contributed by atoms with van der Waals surface area (Å²) in [5.74, 6) is 1.08. The highest BCUT2D eigenvalue weighted by Crippen LogP contribution is 2.36. The Balaban J connectivity index is 0.000000331. The van der Waals surface area contributed by atoms with Gasteiger partial charge in [-0.3, -0.25) is 19.2 Å². The van der Waals surface area contributed by atoms with Crippen LogP contribution < -0.4 is 0 Å². The lowest BCUT2D eigenvalue weighted by molar-refractivity contribution is -0.145. The Morgan fingerprint density at radius 1 is 0.758 bits per heavy atom. The molecule has 0 aromatic rings. The van der Waals surface area contributed by atoms with Gasteiger partial charge in [-0.1, -0.05) is 52.4 Å². The predicted molar refractivity (Wildman–Crippen MR) is 129 cm³/mol. The summed E-state index contributed by atoms with van der Waals surface area (Å²) in [6.07, 6.45) is 12.7. The summed E-state index contributed by atoms with van der Waals surface area (Å²) in [5, 5.41) is 0. The van der Waals surface area contributed by atoms with Crippen LogP contribution in [0.2, 0.25) is 0 Å². The van der Waals surface area contributed by atoms with Crippen LogP contribution in [0.25, 0.3) is 0 Å². The fourth-order valence-corrected chi connectivity index (χ4v) is 5.20. The molecule has 0 aliphatic heterocycles. The number of esters is 2. The molecule has 2 aliphatic carbocycles. The number of Topliss-reactive ketones (excluding diaryl/α,β-unsaturated/α-hetero) is 2. The zero-order valence-electron chi connectivity index (χ0n) is 21.4. The highest BCUT2D eigenvalue weighted by molar-refractivity contribution is 5.85. The SMILES string of the molecule is CCCCCC1C(=O)CCC1CC(=O)OC.CCCCCC1C(=O)CCC1CC(=O)OCC. The van der Waals surface area contributed by atoms with Crippen molar-refractivity contribution < 1.29 is 28.7 Å². The summed E-state index contributed by atoms with van der Waals surface area (Å²) in [7, 11) is 1.41. The van der Waals surface area contributed by atoms with E-state index in [0.29, 0.717) is 43.9 Å². The van der Waals surface area contributed by atoms with Crippen molar-refractivity contribution in [3.05, 3.63) is 0 Å². The van der Waals surface area contributed by atoms with Gasteiger partial charge in [-0.2, -0.15) is 0 Å². The second kappa shape index (κ2) is 16.8. The maximum absolute atomic E-state index is 11.8. The van der Waals surface area contributed by atoms with Gasteiger partial charge in [0, 0.05) is 37.5 Å². The lowest BCUT2D eigenvalue weighted by Gasteiger charge is -2.17. The van der Waals surface area contributed by atoms with E-state index in [4.69, 9.17) is 4.74 Å². The van der Waals surface area contributed by atoms with Gasteiger partial charge in [-0.25, -0.2) is 0 Å². The molecule has 2 saturated carbocycles. The predicted octanol–water partition coefficient (Wildman–Crippen LogP) is 5.84. The molecule has 2 fully saturated rings. The molecule has 4 atom stereocenters. The molecule has 0 radical (unpaired) electrons. The second-order valence-corrected chi connectivity index (χ2v) is 9.52. The first kappa shape index (κ1) is 29.3. The summed E-state index contributed by atoms with van der Waals surface area (Å²) in [4.78, 5) is 46.1. The standard InChI is InChI=1S/C14H24O3.C13H22O3/c1-3-5-6-7-12-11(8-9-13(12)15)10-14(16)17-4-2;1-3-4-5-6-11-10(7-8-12(11)14)9-13(15)16-2/h11-12H,3-10H2,1-2H3;10-11H,3-9H2,1-2H3. The summed E-state index contributed by atoms with van der Waals surface area (Å²) in [6.45, 7) is 6.56. The van der Waals surface area contributed by atoms with Gasteiger partial charge in [0.05, 0.1) is 13.7 Å². The molecular formula is C27H46O6. The second-order valence-electron chi connectivity index (χ2n) is 9.52. The van der Waals surface area contributed by atoms with Crippen molar-refractivity contribution in [2.45, 2.75) is 111 Å². The van der Waals surface area contributed by atoms with Crippen molar-refractivity contribution in [3.8, 4) is 0 Å². The third kappa shape index (κ3) is 10.8. The Labute approximate surface area is 200 Å². The highest BCUT2D eigenvalue weighted by atomic mass is 16.5. The molecule has 0 N–H and O–H groups in total. The molecule has 0 aromatic carbocycles. The summed E-state index contributed by atoms with van der Waals surface area (Å²) in [5.41, 5.74) is 0. The first-order valence-corrected chi connectivity index (χ1v) is 13.2. The number of unbranched alkanes of at least 4 members (excludes halogenated alkanes) is 4. The van der Waals surface area contributed by atoms with Crippen molar-refractivity contribution in [2.24, 2.45) is 23.7 Å². The third-order valence-electron chi connectivity index (χ3n) is 7.12. The van der Waals surface area contributed by atoms with Crippen molar-refractivity contribution in [3.63, 3.8) is 0 Å². The van der Waals surface area contributed by atoms with E-state index >= 15 is 0 Å². The zero-order valence-corrected chi connectivity index (χ0v) is 21.4. The minimum absolute atomic E-state index is 0.116. The van der Waals surface area contributed by atoms with Crippen LogP contribution in [0.5, 0.6) is 0 Å². The topological polar surface area (TPSA) is 86.7 Å². The fraction of sp³-hybridized carbons (Fsp3) is 0.852. The van der Waals surface area contributed by atoms with Gasteiger partial charge in [0.2, 0.25) is 0 Å². The van der Waals surface area contributed by atoms with E-state index in [1.54, 1.807) is 0 Å². The smallest absolute Gasteiger partial charge is 0.306 e. The zero-order chi connectivity index (χ0) is 24.6. The summed E-state index contributed by atoms with van der Waals surface area (Å²) < 4.78 is 9.63. The number of rotatable bonds is 13. The van der Waals surface area contributed by atoms with Crippen LogP contribution in [0.4, 0.5) is 0 Å². The first-order chi connectivity index (χ1) is 15.9. The van der Waals surface area contributed by atoms with Gasteiger partial charge in [0.25, 0.3) is 0 Å². The molecule has 0 amide bonds. The van der Waals surface area contributed by atoms with E-state index in [1.165, 1.54) is 32.8 Å². The van der Waals surface area contributed by atoms with Gasteiger partial charge >= 0.3 is 11.9 Å². The average molecular weight is 467 g/mol. The Morgan fingerprint density at radius 3 is 1.61 bits per heavy atom. The Bertz CT molecular complexity index is 614. The molecule has 2 aliphatic rings. The number of carbonyl (C=O) groups excluding carboxylic acids is 4. The first-order valence-electron chi connectivity index (χ1n) is 13.2. The van der Waals surface area contributed by atoms with Crippen molar-refractivity contribution in [2.75, 3.05) is 13.7 Å². The molecule has 0 saturated heterocycles. The number of methoxy groups -OCH3 is 1. The largest absolute Gasteiger partial charge is 0.469 e. The number of ketones is 2. The third-order valence-corrected chi connectivity index (χ3v) is 7.12. The van der Waals surface area contributed by atoms with E-state index in [0.717, 1.165) is 38.5 Å². The van der Waals surface area contributed by atoms with Crippen molar-refractivity contribution >= 4 is 23.5 Å². The molecule has 4 unspecified atom stereocenters. The van der Waals surface area contributed by atoms with Gasteiger partial charge in [-0.15, -0.1) is 0 Å². The van der Waals surface area contributed by atoms with Crippen LogP contribution in [0.3, 0.4) is 0 Å². The molecule has 0 heterocycles. The molecule has 0 bridgehead atoms. The van der Waals surface area contributed by atoms with E-state index < -0.39 is 0 Å². The summed E-state index contributed by atoms with van der Waals surface area (Å²) >= 11 is 0. The number of carbonyl (C=O) groups is 4. The van der Waals surface area contributed by atoms with E-state index in [-0.39, 0.29) is 35.6 Å². The van der Waals surface area contributed by atoms with Gasteiger partial charge in [0.15, 0.2) is 0 Å². The van der Waals surface area contributed by atoms with E-state index in [9.17, 15) is 19.2 Å². The van der Waals surface area contributed by atoms with Crippen LogP contribution in [-0.2, 0) is 28.7 Å². The van der Waals surface area contributed by atoms with Crippen molar-refractivity contribution in [1.29, 1.82) is 0 Å². The minimum Gasteiger partial charge on any atom is -0.469 e. The Kier molecular flexibility index (Phi) is 14.9. The fourth-order valence-electron chi connectivity index (χ4n) is 5.20. The number of ether oxygens (including phenoxy) is 2. The quantitative estimate of drug-likeness (QED) is 0.250. The normalized spacial score (nSPS) is 24.4. The van der Waals surface area contributed by atoms with Crippen LogP contribution in [0, 0.1) is 23.7 Å². The number of hydrogen-bond donors (Lipinski definition) is 0. The van der Waals surface area contributed by atoms with Gasteiger partial charge in [-0.05, 0) is 44.4 Å². The van der Waals surface area contributed by atoms with Crippen molar-refractivity contribution in [1.82, 2.24) is 0 Å². The van der Waals surface area contributed by atoms with E-state index in [1.807, 2.05) is 6.92 Å². The highest BCUT2D eigenvalue weighted by Gasteiger charge is 2.36. The van der Waals surface area contributed by atoms with Crippen LogP contribution in [0.1, 0.15) is 111 Å². The Hall–Kier alpha value is -1.72. The molecule has 6 nitrogen and oxygen atoms in total. The van der Waals surface area contributed by atoms with Gasteiger partial charge in [0.1, 0.15) is 11.6 Å².